The van der Waals surface area contributed by atoms with Gasteiger partial charge in [0.15, 0.2) is 18.4 Å². The summed E-state index contributed by atoms with van der Waals surface area (Å²) in [5.41, 5.74) is 0.432. The van der Waals surface area contributed by atoms with Crippen LogP contribution in [0.4, 0.5) is 0 Å². The van der Waals surface area contributed by atoms with Gasteiger partial charge in [0.25, 0.3) is 5.91 Å². The third-order valence-electron chi connectivity index (χ3n) is 2.55. The van der Waals surface area contributed by atoms with E-state index in [1.165, 1.54) is 7.11 Å². The van der Waals surface area contributed by atoms with Crippen molar-refractivity contribution in [2.75, 3.05) is 13.4 Å². The van der Waals surface area contributed by atoms with Crippen LogP contribution in [0.5, 0.6) is 0 Å². The highest BCUT2D eigenvalue weighted by Gasteiger charge is 2.65. The molecule has 0 bridgehead atoms. The number of alkyl halides is 2. The number of sulfone groups is 1. The normalized spacial score (nSPS) is 21.7. The van der Waals surface area contributed by atoms with Crippen molar-refractivity contribution in [1.29, 1.82) is 0 Å². The topological polar surface area (TPSA) is 80.8 Å². The highest BCUT2D eigenvalue weighted by atomic mass is 79.9. The number of ether oxygens (including phenoxy) is 1. The molecular weight excluding hydrogens is 406 g/mol. The van der Waals surface area contributed by atoms with E-state index in [9.17, 15) is 18.0 Å². The third kappa shape index (κ3) is 2.73. The lowest BCUT2D eigenvalue weighted by Gasteiger charge is -2.48. The van der Waals surface area contributed by atoms with E-state index in [-0.39, 0.29) is 5.70 Å². The van der Waals surface area contributed by atoms with Crippen molar-refractivity contribution >= 4 is 53.6 Å². The summed E-state index contributed by atoms with van der Waals surface area (Å²) in [5.74, 6) is -1.32. The molecule has 0 unspecified atom stereocenters. The van der Waals surface area contributed by atoms with E-state index in [1.807, 2.05) is 0 Å². The molecule has 1 aliphatic rings. The van der Waals surface area contributed by atoms with Gasteiger partial charge in [-0.1, -0.05) is 31.9 Å². The largest absolute Gasteiger partial charge is 0.464 e. The van der Waals surface area contributed by atoms with Crippen LogP contribution < -0.4 is 0 Å². The predicted molar refractivity (Wildman–Crippen MR) is 76.5 cm³/mol. The quantitative estimate of drug-likeness (QED) is 0.297. The van der Waals surface area contributed by atoms with Crippen molar-refractivity contribution in [3.05, 3.63) is 11.3 Å². The summed E-state index contributed by atoms with van der Waals surface area (Å²) in [4.78, 5) is 24.7. The zero-order chi connectivity index (χ0) is 15.2. The Morgan fingerprint density at radius 1 is 1.37 bits per heavy atom. The van der Waals surface area contributed by atoms with Crippen LogP contribution in [-0.2, 0) is 24.2 Å². The summed E-state index contributed by atoms with van der Waals surface area (Å²) in [5, 5.41) is -1.21. The van der Waals surface area contributed by atoms with Gasteiger partial charge < -0.3 is 4.74 Å². The molecule has 6 nitrogen and oxygen atoms in total. The van der Waals surface area contributed by atoms with Crippen LogP contribution in [-0.4, -0.2) is 47.2 Å². The molecule has 0 radical (unpaired) electrons. The van der Waals surface area contributed by atoms with Crippen LogP contribution in [0.15, 0.2) is 11.3 Å². The molecule has 0 aliphatic carbocycles. The van der Waals surface area contributed by atoms with E-state index in [0.717, 1.165) is 11.2 Å². The van der Waals surface area contributed by atoms with Gasteiger partial charge in [0.1, 0.15) is 5.70 Å². The number of carbonyl (C=O) groups excluding carboxylic acids is 2. The molecule has 1 amide bonds. The van der Waals surface area contributed by atoms with E-state index in [2.05, 4.69) is 36.6 Å². The summed E-state index contributed by atoms with van der Waals surface area (Å²) in [6, 6.07) is 0. The van der Waals surface area contributed by atoms with E-state index >= 15 is 0 Å². The minimum atomic E-state index is -3.61. The van der Waals surface area contributed by atoms with Crippen molar-refractivity contribution in [2.45, 2.75) is 22.5 Å². The summed E-state index contributed by atoms with van der Waals surface area (Å²) in [6.07, 6.45) is 0.994. The molecule has 0 saturated carbocycles. The minimum Gasteiger partial charge on any atom is -0.464 e. The van der Waals surface area contributed by atoms with Crippen LogP contribution in [0.3, 0.4) is 0 Å². The zero-order valence-electron chi connectivity index (χ0n) is 10.7. The number of nitrogens with zero attached hydrogens (tertiary/aromatic N) is 1. The molecule has 1 heterocycles. The van der Waals surface area contributed by atoms with Crippen molar-refractivity contribution in [1.82, 2.24) is 4.90 Å². The second-order valence-corrected chi connectivity index (χ2v) is 9.99. The summed E-state index contributed by atoms with van der Waals surface area (Å²) in [7, 11) is -2.44. The van der Waals surface area contributed by atoms with Crippen LogP contribution in [0.25, 0.3) is 0 Å². The second kappa shape index (κ2) is 5.17. The lowest BCUT2D eigenvalue weighted by molar-refractivity contribution is -0.147. The Bertz CT molecular complexity index is 562. The standard InChI is InChI=1S/C10H13Br2NO5S/c1-5(2)6(7(14)18-3)13-8(15)10(11,12)9(13)19(4,16)17/h9H,1-4H3/t9-/m1/s1. The summed E-state index contributed by atoms with van der Waals surface area (Å²) >= 11 is 6.06. The van der Waals surface area contributed by atoms with E-state index < -0.39 is 30.3 Å². The molecule has 1 rings (SSSR count). The van der Waals surface area contributed by atoms with Gasteiger partial charge in [-0.3, -0.25) is 9.69 Å². The van der Waals surface area contributed by atoms with Gasteiger partial charge in [0.2, 0.25) is 0 Å². The molecule has 1 fully saturated rings. The molecule has 0 aromatic heterocycles. The second-order valence-electron chi connectivity index (χ2n) is 4.32. The van der Waals surface area contributed by atoms with Crippen LogP contribution in [0.2, 0.25) is 0 Å². The van der Waals surface area contributed by atoms with Gasteiger partial charge >= 0.3 is 5.97 Å². The van der Waals surface area contributed by atoms with Crippen LogP contribution in [0.1, 0.15) is 13.8 Å². The highest BCUT2D eigenvalue weighted by molar-refractivity contribution is 9.26. The minimum absolute atomic E-state index is 0.0579. The van der Waals surface area contributed by atoms with Gasteiger partial charge in [0, 0.05) is 6.26 Å². The number of halogens is 2. The molecule has 0 N–H and O–H groups in total. The first kappa shape index (κ1) is 16.6. The maximum Gasteiger partial charge on any atom is 0.354 e. The average molecular weight is 419 g/mol. The average Bonchev–Trinajstić information content (AvgIpc) is 2.24. The Morgan fingerprint density at radius 3 is 2.16 bits per heavy atom. The molecule has 108 valence electrons. The Balaban J connectivity index is 3.38. The molecule has 19 heavy (non-hydrogen) atoms. The fourth-order valence-corrected chi connectivity index (χ4v) is 5.84. The number of hydrogen-bond acceptors (Lipinski definition) is 5. The van der Waals surface area contributed by atoms with Gasteiger partial charge in [-0.25, -0.2) is 13.2 Å². The molecular formula is C10H13Br2NO5S. The number of likely N-dealkylation sites (tertiary alicyclic amines) is 1. The summed E-state index contributed by atoms with van der Waals surface area (Å²) < 4.78 is 26.8. The maximum absolute atomic E-state index is 12.0. The van der Waals surface area contributed by atoms with Crippen LogP contribution >= 0.6 is 31.9 Å². The first-order valence-corrected chi connectivity index (χ1v) is 8.66. The van der Waals surface area contributed by atoms with Gasteiger partial charge in [-0.15, -0.1) is 0 Å². The molecule has 1 saturated heterocycles. The van der Waals surface area contributed by atoms with E-state index in [4.69, 9.17) is 0 Å². The number of methoxy groups -OCH3 is 1. The van der Waals surface area contributed by atoms with E-state index in [0.29, 0.717) is 5.57 Å². The molecule has 0 aromatic rings. The monoisotopic (exact) mass is 417 g/mol. The third-order valence-corrected chi connectivity index (χ3v) is 6.07. The van der Waals surface area contributed by atoms with Crippen molar-refractivity contribution in [2.24, 2.45) is 0 Å². The Hall–Kier alpha value is -0.410. The lowest BCUT2D eigenvalue weighted by Crippen LogP contribution is -2.70. The van der Waals surface area contributed by atoms with Gasteiger partial charge in [-0.05, 0) is 19.4 Å². The molecule has 0 spiro atoms. The number of esters is 1. The van der Waals surface area contributed by atoms with Crippen molar-refractivity contribution in [3.63, 3.8) is 0 Å². The SMILES string of the molecule is COC(=O)C(=C(C)C)N1C(=O)C(Br)(Br)[C@H]1S(C)(=O)=O. The predicted octanol–water partition coefficient (Wildman–Crippen LogP) is 1.15. The van der Waals surface area contributed by atoms with Crippen molar-refractivity contribution in [3.8, 4) is 0 Å². The zero-order valence-corrected chi connectivity index (χ0v) is 14.7. The Morgan fingerprint density at radius 2 is 1.84 bits per heavy atom. The Kier molecular flexibility index (Phi) is 4.53. The first-order valence-electron chi connectivity index (χ1n) is 5.12. The summed E-state index contributed by atoms with van der Waals surface area (Å²) in [6.45, 7) is 3.20. The first-order chi connectivity index (χ1) is 8.46. The lowest BCUT2D eigenvalue weighted by atomic mass is 10.1. The Labute approximate surface area is 128 Å². The van der Waals surface area contributed by atoms with Gasteiger partial charge in [0.05, 0.1) is 7.11 Å². The van der Waals surface area contributed by atoms with Gasteiger partial charge in [-0.2, -0.15) is 0 Å². The number of amides is 1. The smallest absolute Gasteiger partial charge is 0.354 e. The number of β-lactam (4-membered cyclic amide) rings is 1. The number of rotatable bonds is 3. The number of carbonyl (C=O) groups is 2. The maximum atomic E-state index is 12.0. The fraction of sp³-hybridized carbons (Fsp3) is 0.600. The van der Waals surface area contributed by atoms with Crippen molar-refractivity contribution < 1.29 is 22.7 Å². The molecule has 1 atom stereocenters. The number of allylic oxidation sites excluding steroid dienone is 1. The molecule has 0 aromatic carbocycles. The number of hydrogen-bond donors (Lipinski definition) is 0. The molecule has 1 aliphatic heterocycles. The fourth-order valence-electron chi connectivity index (χ4n) is 1.79. The molecule has 9 heteroatoms. The van der Waals surface area contributed by atoms with E-state index in [1.54, 1.807) is 13.8 Å². The highest BCUT2D eigenvalue weighted by Crippen LogP contribution is 2.48. The van der Waals surface area contributed by atoms with Crippen LogP contribution in [0, 0.1) is 0 Å².